The molecule has 0 saturated heterocycles. The van der Waals surface area contributed by atoms with E-state index in [0.717, 1.165) is 28.3 Å². The number of anilines is 1. The fourth-order valence-corrected chi connectivity index (χ4v) is 1.74. The van der Waals surface area contributed by atoms with E-state index in [1.807, 2.05) is 19.1 Å². The van der Waals surface area contributed by atoms with Gasteiger partial charge in [0.1, 0.15) is 17.3 Å². The van der Waals surface area contributed by atoms with Gasteiger partial charge in [0.2, 0.25) is 0 Å². The molecule has 5 heteroatoms. The van der Waals surface area contributed by atoms with Crippen molar-refractivity contribution in [3.63, 3.8) is 0 Å². The Balaban J connectivity index is 2.58. The van der Waals surface area contributed by atoms with Crippen molar-refractivity contribution in [3.8, 4) is 22.8 Å². The third-order valence-corrected chi connectivity index (χ3v) is 2.60. The second-order valence-electron chi connectivity index (χ2n) is 3.73. The van der Waals surface area contributed by atoms with Crippen molar-refractivity contribution < 1.29 is 9.47 Å². The highest BCUT2D eigenvalue weighted by Gasteiger charge is 2.12. The number of hydrogen-bond donors (Lipinski definition) is 2. The lowest BCUT2D eigenvalue weighted by molar-refractivity contribution is 0.401. The zero-order valence-electron chi connectivity index (χ0n) is 10.1. The minimum absolute atomic E-state index is 0.446. The maximum absolute atomic E-state index is 5.59. The number of hydrogen-bond acceptors (Lipinski definition) is 4. The van der Waals surface area contributed by atoms with Crippen molar-refractivity contribution >= 4 is 5.82 Å². The molecule has 0 saturated carbocycles. The summed E-state index contributed by atoms with van der Waals surface area (Å²) in [4.78, 5) is 0. The summed E-state index contributed by atoms with van der Waals surface area (Å²) in [5.41, 5.74) is 8.29. The third kappa shape index (κ3) is 2.04. The molecule has 3 N–H and O–H groups in total. The van der Waals surface area contributed by atoms with Crippen LogP contribution in [-0.4, -0.2) is 24.4 Å². The number of H-pyrrole nitrogens is 1. The second kappa shape index (κ2) is 4.37. The van der Waals surface area contributed by atoms with E-state index in [1.54, 1.807) is 20.3 Å². The maximum atomic E-state index is 5.59. The Morgan fingerprint density at radius 1 is 1.12 bits per heavy atom. The largest absolute Gasteiger partial charge is 0.496 e. The summed E-state index contributed by atoms with van der Waals surface area (Å²) < 4.78 is 10.6. The van der Waals surface area contributed by atoms with Crippen molar-refractivity contribution in [2.45, 2.75) is 6.92 Å². The highest BCUT2D eigenvalue weighted by molar-refractivity contribution is 5.71. The number of benzene rings is 1. The fraction of sp³-hybridized carbons (Fsp3) is 0.250. The molecule has 0 aliphatic heterocycles. The SMILES string of the molecule is COc1cc(-c2cc(N)n[nH]2)c(OC)cc1C. The highest BCUT2D eigenvalue weighted by atomic mass is 16.5. The summed E-state index contributed by atoms with van der Waals surface area (Å²) >= 11 is 0. The highest BCUT2D eigenvalue weighted by Crippen LogP contribution is 2.35. The predicted molar refractivity (Wildman–Crippen MR) is 66.3 cm³/mol. The van der Waals surface area contributed by atoms with Crippen LogP contribution < -0.4 is 15.2 Å². The molecule has 0 unspecified atom stereocenters. The van der Waals surface area contributed by atoms with Crippen LogP contribution in [0.5, 0.6) is 11.5 Å². The lowest BCUT2D eigenvalue weighted by Gasteiger charge is -2.11. The zero-order chi connectivity index (χ0) is 12.4. The van der Waals surface area contributed by atoms with Crippen LogP contribution in [0.15, 0.2) is 18.2 Å². The van der Waals surface area contributed by atoms with Crippen molar-refractivity contribution in [1.29, 1.82) is 0 Å². The maximum Gasteiger partial charge on any atom is 0.145 e. The monoisotopic (exact) mass is 233 g/mol. The molecule has 0 spiro atoms. The number of nitrogen functional groups attached to an aromatic ring is 1. The molecule has 2 aromatic rings. The molecule has 0 aliphatic carbocycles. The molecule has 0 atom stereocenters. The van der Waals surface area contributed by atoms with Gasteiger partial charge in [-0.3, -0.25) is 5.10 Å². The van der Waals surface area contributed by atoms with E-state index in [-0.39, 0.29) is 0 Å². The summed E-state index contributed by atoms with van der Waals surface area (Å²) in [6, 6.07) is 5.58. The number of aromatic nitrogens is 2. The summed E-state index contributed by atoms with van der Waals surface area (Å²) in [7, 11) is 3.27. The number of aryl methyl sites for hydroxylation is 1. The number of nitrogens with one attached hydrogen (secondary N) is 1. The molecule has 5 nitrogen and oxygen atoms in total. The molecule has 1 aromatic carbocycles. The van der Waals surface area contributed by atoms with E-state index < -0.39 is 0 Å². The lowest BCUT2D eigenvalue weighted by atomic mass is 10.1. The molecule has 0 amide bonds. The van der Waals surface area contributed by atoms with Gasteiger partial charge >= 0.3 is 0 Å². The Bertz CT molecular complexity index is 535. The van der Waals surface area contributed by atoms with Gasteiger partial charge in [-0.1, -0.05) is 0 Å². The normalized spacial score (nSPS) is 10.3. The van der Waals surface area contributed by atoms with Gasteiger partial charge in [0, 0.05) is 11.6 Å². The van der Waals surface area contributed by atoms with Gasteiger partial charge in [-0.15, -0.1) is 0 Å². The lowest BCUT2D eigenvalue weighted by Crippen LogP contribution is -1.93. The minimum atomic E-state index is 0.446. The summed E-state index contributed by atoms with van der Waals surface area (Å²) in [6.07, 6.45) is 0. The van der Waals surface area contributed by atoms with Crippen LogP contribution in [0, 0.1) is 6.92 Å². The van der Waals surface area contributed by atoms with Crippen LogP contribution >= 0.6 is 0 Å². The summed E-state index contributed by atoms with van der Waals surface area (Å²) in [6.45, 7) is 1.96. The molecular weight excluding hydrogens is 218 g/mol. The molecule has 17 heavy (non-hydrogen) atoms. The fourth-order valence-electron chi connectivity index (χ4n) is 1.74. The van der Waals surface area contributed by atoms with Crippen molar-refractivity contribution in [1.82, 2.24) is 10.2 Å². The Labute approximate surface area is 99.5 Å². The first kappa shape index (κ1) is 11.3. The molecular formula is C12H15N3O2. The minimum Gasteiger partial charge on any atom is -0.496 e. The van der Waals surface area contributed by atoms with Crippen LogP contribution in [0.3, 0.4) is 0 Å². The second-order valence-corrected chi connectivity index (χ2v) is 3.73. The third-order valence-electron chi connectivity index (χ3n) is 2.60. The number of rotatable bonds is 3. The number of nitrogens with two attached hydrogens (primary N) is 1. The van der Waals surface area contributed by atoms with Crippen molar-refractivity contribution in [2.75, 3.05) is 20.0 Å². The van der Waals surface area contributed by atoms with E-state index >= 15 is 0 Å². The van der Waals surface area contributed by atoms with Crippen molar-refractivity contribution in [2.24, 2.45) is 0 Å². The van der Waals surface area contributed by atoms with Crippen LogP contribution in [0.2, 0.25) is 0 Å². The number of ether oxygens (including phenoxy) is 2. The average molecular weight is 233 g/mol. The standard InChI is InChI=1S/C12H15N3O2/c1-7-4-11(17-3)8(5-10(7)16-2)9-6-12(13)15-14-9/h4-6H,1-3H3,(H3,13,14,15). The first-order valence-electron chi connectivity index (χ1n) is 5.19. The molecule has 1 heterocycles. The van der Waals surface area contributed by atoms with E-state index in [2.05, 4.69) is 10.2 Å². The van der Waals surface area contributed by atoms with Crippen LogP contribution in [0.1, 0.15) is 5.56 Å². The van der Waals surface area contributed by atoms with E-state index in [4.69, 9.17) is 15.2 Å². The molecule has 1 aromatic heterocycles. The Kier molecular flexibility index (Phi) is 2.91. The Morgan fingerprint density at radius 2 is 1.82 bits per heavy atom. The topological polar surface area (TPSA) is 73.2 Å². The van der Waals surface area contributed by atoms with Gasteiger partial charge in [-0.05, 0) is 24.6 Å². The number of methoxy groups -OCH3 is 2. The summed E-state index contributed by atoms with van der Waals surface area (Å²) in [5, 5.41) is 6.76. The van der Waals surface area contributed by atoms with Gasteiger partial charge in [0.05, 0.1) is 19.9 Å². The van der Waals surface area contributed by atoms with E-state index in [9.17, 15) is 0 Å². The molecule has 90 valence electrons. The van der Waals surface area contributed by atoms with Crippen LogP contribution in [-0.2, 0) is 0 Å². The number of nitrogens with zero attached hydrogens (tertiary/aromatic N) is 1. The first-order chi connectivity index (χ1) is 8.15. The number of aromatic amines is 1. The smallest absolute Gasteiger partial charge is 0.145 e. The quantitative estimate of drug-likeness (QED) is 0.850. The molecule has 0 radical (unpaired) electrons. The molecule has 2 rings (SSSR count). The van der Waals surface area contributed by atoms with E-state index in [0.29, 0.717) is 5.82 Å². The van der Waals surface area contributed by atoms with Gasteiger partial charge in [0.25, 0.3) is 0 Å². The van der Waals surface area contributed by atoms with Gasteiger partial charge in [-0.2, -0.15) is 5.10 Å². The zero-order valence-corrected chi connectivity index (χ0v) is 10.1. The average Bonchev–Trinajstić information content (AvgIpc) is 2.75. The van der Waals surface area contributed by atoms with Gasteiger partial charge in [-0.25, -0.2) is 0 Å². The molecule has 0 fully saturated rings. The molecule has 0 aliphatic rings. The Hall–Kier alpha value is -2.17. The molecule has 0 bridgehead atoms. The van der Waals surface area contributed by atoms with Gasteiger partial charge < -0.3 is 15.2 Å². The van der Waals surface area contributed by atoms with Crippen LogP contribution in [0.4, 0.5) is 5.82 Å². The van der Waals surface area contributed by atoms with E-state index in [1.165, 1.54) is 0 Å². The Morgan fingerprint density at radius 3 is 2.35 bits per heavy atom. The van der Waals surface area contributed by atoms with Crippen LogP contribution in [0.25, 0.3) is 11.3 Å². The summed E-state index contributed by atoms with van der Waals surface area (Å²) in [5.74, 6) is 2.00. The first-order valence-corrected chi connectivity index (χ1v) is 5.19. The van der Waals surface area contributed by atoms with Crippen molar-refractivity contribution in [3.05, 3.63) is 23.8 Å². The van der Waals surface area contributed by atoms with Gasteiger partial charge in [0.15, 0.2) is 0 Å². The predicted octanol–water partition coefficient (Wildman–Crippen LogP) is 1.98.